The van der Waals surface area contributed by atoms with Crippen molar-refractivity contribution in [1.29, 1.82) is 0 Å². The number of β-amino-alcohol motifs (C(OH)–C–C–N with tert-alkyl or cyclic N) is 1. The Hall–Kier alpha value is -2.68. The fourth-order valence-electron chi connectivity index (χ4n) is 2.78. The second-order valence-corrected chi connectivity index (χ2v) is 5.82. The van der Waals surface area contributed by atoms with E-state index in [1.165, 1.54) is 24.0 Å². The van der Waals surface area contributed by atoms with Gasteiger partial charge in [0.15, 0.2) is 5.82 Å². The second kappa shape index (κ2) is 5.99. The van der Waals surface area contributed by atoms with E-state index in [2.05, 4.69) is 10.2 Å². The van der Waals surface area contributed by atoms with Crippen LogP contribution in [0.1, 0.15) is 17.5 Å². The zero-order valence-corrected chi connectivity index (χ0v) is 13.1. The fraction of sp³-hybridized carbons (Fsp3) is 0.312. The lowest BCUT2D eigenvalue weighted by Gasteiger charge is -2.15. The third kappa shape index (κ3) is 3.27. The molecule has 6 nitrogen and oxygen atoms in total. The van der Waals surface area contributed by atoms with Crippen molar-refractivity contribution in [2.24, 2.45) is 0 Å². The highest BCUT2D eigenvalue weighted by Gasteiger charge is 2.33. The van der Waals surface area contributed by atoms with Gasteiger partial charge < -0.3 is 10.2 Å². The zero-order chi connectivity index (χ0) is 18.4. The van der Waals surface area contributed by atoms with Gasteiger partial charge in [-0.2, -0.15) is 13.2 Å². The van der Waals surface area contributed by atoms with E-state index in [1.807, 2.05) is 0 Å². The van der Waals surface area contributed by atoms with Crippen molar-refractivity contribution >= 4 is 11.7 Å². The van der Waals surface area contributed by atoms with Crippen LogP contribution >= 0.6 is 0 Å². The number of benzene rings is 1. The summed E-state index contributed by atoms with van der Waals surface area (Å²) >= 11 is 0. The number of aromatic hydroxyl groups is 1. The molecule has 2 N–H and O–H groups in total. The van der Waals surface area contributed by atoms with E-state index >= 15 is 0 Å². The van der Waals surface area contributed by atoms with Gasteiger partial charge in [0, 0.05) is 5.56 Å². The molecule has 1 aromatic carbocycles. The van der Waals surface area contributed by atoms with E-state index in [0.29, 0.717) is 6.07 Å². The van der Waals surface area contributed by atoms with E-state index in [0.717, 1.165) is 6.07 Å². The van der Waals surface area contributed by atoms with Crippen molar-refractivity contribution in [2.75, 3.05) is 11.4 Å². The highest BCUT2D eigenvalue weighted by molar-refractivity contribution is 5.95. The Morgan fingerprint density at radius 3 is 2.44 bits per heavy atom. The Morgan fingerprint density at radius 2 is 1.96 bits per heavy atom. The molecule has 2 heterocycles. The number of carbonyl (C=O) groups is 1. The molecule has 1 amide bonds. The molecule has 0 unspecified atom stereocenters. The number of halogens is 3. The highest BCUT2D eigenvalue weighted by atomic mass is 19.4. The van der Waals surface area contributed by atoms with Crippen LogP contribution in [0.15, 0.2) is 24.3 Å². The lowest BCUT2D eigenvalue weighted by Crippen LogP contribution is -2.26. The minimum Gasteiger partial charge on any atom is -0.507 e. The third-order valence-electron chi connectivity index (χ3n) is 3.93. The van der Waals surface area contributed by atoms with Gasteiger partial charge in [-0.05, 0) is 36.8 Å². The molecule has 1 saturated heterocycles. The Balaban J connectivity index is 1.94. The summed E-state index contributed by atoms with van der Waals surface area (Å²) < 4.78 is 38.3. The molecule has 0 radical (unpaired) electrons. The van der Waals surface area contributed by atoms with Crippen molar-refractivity contribution < 1.29 is 28.2 Å². The maximum absolute atomic E-state index is 12.8. The first-order valence-corrected chi connectivity index (χ1v) is 7.40. The molecule has 0 spiro atoms. The maximum atomic E-state index is 12.8. The molecule has 132 valence electrons. The summed E-state index contributed by atoms with van der Waals surface area (Å²) in [7, 11) is 0. The average Bonchev–Trinajstić information content (AvgIpc) is 2.85. The number of alkyl halides is 3. The van der Waals surface area contributed by atoms with Crippen LogP contribution in [0.2, 0.25) is 0 Å². The number of aromatic nitrogens is 2. The molecule has 1 aromatic heterocycles. The molecule has 1 aliphatic rings. The molecular formula is C16H14F3N3O3. The van der Waals surface area contributed by atoms with Crippen LogP contribution in [0.3, 0.4) is 0 Å². The van der Waals surface area contributed by atoms with Gasteiger partial charge in [-0.15, -0.1) is 10.2 Å². The molecule has 1 aliphatic heterocycles. The van der Waals surface area contributed by atoms with Gasteiger partial charge >= 0.3 is 6.18 Å². The van der Waals surface area contributed by atoms with Crippen LogP contribution in [-0.2, 0) is 11.0 Å². The molecule has 0 aliphatic carbocycles. The minimum atomic E-state index is -4.56. The first kappa shape index (κ1) is 17.2. The number of hydrogen-bond acceptors (Lipinski definition) is 5. The number of rotatable bonds is 2. The number of nitrogens with zero attached hydrogens (tertiary/aromatic N) is 3. The molecule has 0 saturated carbocycles. The Morgan fingerprint density at radius 1 is 1.24 bits per heavy atom. The van der Waals surface area contributed by atoms with Crippen LogP contribution in [-0.4, -0.2) is 39.0 Å². The molecular weight excluding hydrogens is 339 g/mol. The molecule has 3 rings (SSSR count). The predicted molar refractivity (Wildman–Crippen MR) is 81.8 cm³/mol. The summed E-state index contributed by atoms with van der Waals surface area (Å²) in [6, 6.07) is 4.48. The van der Waals surface area contributed by atoms with Crippen molar-refractivity contribution in [3.05, 3.63) is 35.4 Å². The second-order valence-electron chi connectivity index (χ2n) is 5.82. The van der Waals surface area contributed by atoms with Gasteiger partial charge in [-0.1, -0.05) is 0 Å². The van der Waals surface area contributed by atoms with Gasteiger partial charge in [0.05, 0.1) is 30.3 Å². The van der Waals surface area contributed by atoms with Gasteiger partial charge in [-0.3, -0.25) is 9.69 Å². The SMILES string of the molecule is Cc1cc(C(F)(F)F)cc(O)c1-c1ccc(N2C[C@@H](O)CC2=O)nn1. The molecule has 9 heteroatoms. The van der Waals surface area contributed by atoms with Crippen molar-refractivity contribution in [3.63, 3.8) is 0 Å². The summed E-state index contributed by atoms with van der Waals surface area (Å²) in [4.78, 5) is 13.0. The molecule has 2 aromatic rings. The fourth-order valence-corrected chi connectivity index (χ4v) is 2.78. The summed E-state index contributed by atoms with van der Waals surface area (Å²) in [6.07, 6.45) is -5.33. The Bertz CT molecular complexity index is 799. The number of amides is 1. The summed E-state index contributed by atoms with van der Waals surface area (Å²) in [6.45, 7) is 1.54. The molecule has 0 bridgehead atoms. The molecule has 1 atom stereocenters. The first-order chi connectivity index (χ1) is 11.7. The number of phenols is 1. The minimum absolute atomic E-state index is 0.00221. The van der Waals surface area contributed by atoms with Crippen LogP contribution in [0.5, 0.6) is 5.75 Å². The quantitative estimate of drug-likeness (QED) is 0.865. The average molecular weight is 353 g/mol. The number of aryl methyl sites for hydroxylation is 1. The number of aliphatic hydroxyl groups is 1. The number of hydrogen-bond donors (Lipinski definition) is 2. The Kier molecular flexibility index (Phi) is 4.11. The van der Waals surface area contributed by atoms with E-state index in [4.69, 9.17) is 0 Å². The lowest BCUT2D eigenvalue weighted by atomic mass is 10.0. The normalized spacial score (nSPS) is 18.0. The predicted octanol–water partition coefficient (Wildman–Crippen LogP) is 2.27. The standard InChI is InChI=1S/C16H14F3N3O3/c1-8-4-9(16(17,18)19)5-12(24)15(8)11-2-3-13(21-20-11)22-7-10(23)6-14(22)25/h2-5,10,23-24H,6-7H2,1H3/t10-/m0/s1. The van der Waals surface area contributed by atoms with Crippen LogP contribution < -0.4 is 4.90 Å². The Labute approximate surface area is 140 Å². The van der Waals surface area contributed by atoms with Crippen molar-refractivity contribution in [1.82, 2.24) is 10.2 Å². The topological polar surface area (TPSA) is 86.5 Å². The van der Waals surface area contributed by atoms with Gasteiger partial charge in [0.1, 0.15) is 5.75 Å². The van der Waals surface area contributed by atoms with Crippen molar-refractivity contribution in [3.8, 4) is 17.0 Å². The van der Waals surface area contributed by atoms with Crippen LogP contribution in [0.25, 0.3) is 11.3 Å². The van der Waals surface area contributed by atoms with Gasteiger partial charge in [0.25, 0.3) is 0 Å². The van der Waals surface area contributed by atoms with E-state index in [-0.39, 0.29) is 41.5 Å². The zero-order valence-electron chi connectivity index (χ0n) is 13.1. The number of carbonyl (C=O) groups excluding carboxylic acids is 1. The van der Waals surface area contributed by atoms with E-state index in [9.17, 15) is 28.2 Å². The molecule has 25 heavy (non-hydrogen) atoms. The smallest absolute Gasteiger partial charge is 0.416 e. The third-order valence-corrected chi connectivity index (χ3v) is 3.93. The number of aliphatic hydroxyl groups excluding tert-OH is 1. The summed E-state index contributed by atoms with van der Waals surface area (Å²) in [5, 5.41) is 27.3. The highest BCUT2D eigenvalue weighted by Crippen LogP contribution is 2.38. The first-order valence-electron chi connectivity index (χ1n) is 7.40. The van der Waals surface area contributed by atoms with Crippen molar-refractivity contribution in [2.45, 2.75) is 25.6 Å². The van der Waals surface area contributed by atoms with E-state index < -0.39 is 23.6 Å². The van der Waals surface area contributed by atoms with Crippen LogP contribution in [0, 0.1) is 6.92 Å². The summed E-state index contributed by atoms with van der Waals surface area (Å²) in [5.41, 5.74) is -0.436. The van der Waals surface area contributed by atoms with E-state index in [1.54, 1.807) is 0 Å². The largest absolute Gasteiger partial charge is 0.507 e. The summed E-state index contributed by atoms with van der Waals surface area (Å²) in [5.74, 6) is -0.612. The lowest BCUT2D eigenvalue weighted by molar-refractivity contribution is -0.137. The van der Waals surface area contributed by atoms with Gasteiger partial charge in [-0.25, -0.2) is 0 Å². The number of anilines is 1. The number of phenolic OH excluding ortho intramolecular Hbond substituents is 1. The maximum Gasteiger partial charge on any atom is 0.416 e. The van der Waals surface area contributed by atoms with Gasteiger partial charge in [0.2, 0.25) is 5.91 Å². The monoisotopic (exact) mass is 353 g/mol. The molecule has 1 fully saturated rings. The van der Waals surface area contributed by atoms with Crippen LogP contribution in [0.4, 0.5) is 19.0 Å².